The summed E-state index contributed by atoms with van der Waals surface area (Å²) < 4.78 is 0. The number of carboxylic acid groups (broad SMARTS) is 1. The Kier molecular flexibility index (Phi) is 5.50. The van der Waals surface area contributed by atoms with Crippen LogP contribution >= 0.6 is 0 Å². The van der Waals surface area contributed by atoms with E-state index in [0.29, 0.717) is 19.4 Å². The van der Waals surface area contributed by atoms with Crippen LogP contribution < -0.4 is 5.32 Å². The van der Waals surface area contributed by atoms with Gasteiger partial charge in [0.1, 0.15) is 5.71 Å². The highest BCUT2D eigenvalue weighted by atomic mass is 16.4. The van der Waals surface area contributed by atoms with E-state index in [1.807, 2.05) is 0 Å². The first-order valence-electron chi connectivity index (χ1n) is 4.09. The summed E-state index contributed by atoms with van der Waals surface area (Å²) in [4.78, 5) is 20.6. The van der Waals surface area contributed by atoms with Crippen molar-refractivity contribution in [3.8, 4) is 0 Å². The standard InChI is InChI=1S/C8H14N2O3/c1-6(11)10-5-3-2-4-7(9)8(12)13/h9H,2-5H2,1H3,(H,10,11)(H,12,13). The van der Waals surface area contributed by atoms with Crippen LogP contribution in [0, 0.1) is 5.41 Å². The number of unbranched alkanes of at least 4 members (excludes halogenated alkanes) is 1. The summed E-state index contributed by atoms with van der Waals surface area (Å²) in [5, 5.41) is 17.9. The lowest BCUT2D eigenvalue weighted by molar-refractivity contribution is -0.129. The van der Waals surface area contributed by atoms with E-state index in [0.717, 1.165) is 0 Å². The highest BCUT2D eigenvalue weighted by Crippen LogP contribution is 1.95. The molecular weight excluding hydrogens is 172 g/mol. The van der Waals surface area contributed by atoms with Gasteiger partial charge in [-0.2, -0.15) is 0 Å². The maximum atomic E-state index is 10.4. The second-order valence-corrected chi connectivity index (χ2v) is 2.72. The van der Waals surface area contributed by atoms with E-state index in [2.05, 4.69) is 5.32 Å². The van der Waals surface area contributed by atoms with E-state index in [-0.39, 0.29) is 18.0 Å². The van der Waals surface area contributed by atoms with E-state index in [9.17, 15) is 9.59 Å². The zero-order valence-electron chi connectivity index (χ0n) is 7.59. The molecule has 5 heteroatoms. The minimum atomic E-state index is -1.17. The topological polar surface area (TPSA) is 90.3 Å². The molecule has 0 aliphatic heterocycles. The van der Waals surface area contributed by atoms with Crippen molar-refractivity contribution in [2.75, 3.05) is 6.54 Å². The van der Waals surface area contributed by atoms with Gasteiger partial charge in [0.05, 0.1) is 0 Å². The highest BCUT2D eigenvalue weighted by Gasteiger charge is 2.04. The number of carboxylic acids is 1. The quantitative estimate of drug-likeness (QED) is 0.414. The van der Waals surface area contributed by atoms with Crippen molar-refractivity contribution in [2.45, 2.75) is 26.2 Å². The Bertz CT molecular complexity index is 213. The minimum Gasteiger partial charge on any atom is -0.477 e. The molecule has 0 saturated carbocycles. The molecule has 0 saturated heterocycles. The monoisotopic (exact) mass is 186 g/mol. The molecule has 5 nitrogen and oxygen atoms in total. The average Bonchev–Trinajstić information content (AvgIpc) is 2.02. The molecule has 0 aliphatic carbocycles. The minimum absolute atomic E-state index is 0.0895. The predicted octanol–water partition coefficient (Wildman–Crippen LogP) is 0.397. The second kappa shape index (κ2) is 6.16. The van der Waals surface area contributed by atoms with Crippen molar-refractivity contribution in [3.05, 3.63) is 0 Å². The molecule has 0 aromatic rings. The maximum absolute atomic E-state index is 10.4. The van der Waals surface area contributed by atoms with Gasteiger partial charge in [-0.15, -0.1) is 0 Å². The fraction of sp³-hybridized carbons (Fsp3) is 0.625. The molecule has 3 N–H and O–H groups in total. The highest BCUT2D eigenvalue weighted by molar-refractivity contribution is 6.34. The van der Waals surface area contributed by atoms with Crippen molar-refractivity contribution < 1.29 is 14.7 Å². The van der Waals surface area contributed by atoms with Crippen LogP contribution in [0.3, 0.4) is 0 Å². The van der Waals surface area contributed by atoms with Crippen LogP contribution in [0.5, 0.6) is 0 Å². The molecule has 0 aromatic heterocycles. The SMILES string of the molecule is CC(=O)NCCCCC(=N)C(=O)O. The smallest absolute Gasteiger partial charge is 0.349 e. The van der Waals surface area contributed by atoms with Gasteiger partial charge in [0.25, 0.3) is 0 Å². The fourth-order valence-corrected chi connectivity index (χ4v) is 0.798. The zero-order valence-corrected chi connectivity index (χ0v) is 7.59. The zero-order chi connectivity index (χ0) is 10.3. The number of hydrogen-bond donors (Lipinski definition) is 3. The Labute approximate surface area is 76.6 Å². The van der Waals surface area contributed by atoms with Gasteiger partial charge in [-0.05, 0) is 19.3 Å². The lowest BCUT2D eigenvalue weighted by Crippen LogP contribution is -2.21. The molecule has 13 heavy (non-hydrogen) atoms. The summed E-state index contributed by atoms with van der Waals surface area (Å²) in [5.74, 6) is -1.26. The summed E-state index contributed by atoms with van der Waals surface area (Å²) in [7, 11) is 0. The first-order valence-corrected chi connectivity index (χ1v) is 4.09. The molecule has 0 bridgehead atoms. The van der Waals surface area contributed by atoms with Crippen LogP contribution in [0.25, 0.3) is 0 Å². The Morgan fingerprint density at radius 1 is 1.38 bits per heavy atom. The van der Waals surface area contributed by atoms with Crippen LogP contribution in [0.4, 0.5) is 0 Å². The maximum Gasteiger partial charge on any atom is 0.349 e. The molecule has 0 fully saturated rings. The van der Waals surface area contributed by atoms with E-state index in [1.165, 1.54) is 6.92 Å². The molecule has 0 spiro atoms. The van der Waals surface area contributed by atoms with Crippen LogP contribution in [0.2, 0.25) is 0 Å². The van der Waals surface area contributed by atoms with E-state index >= 15 is 0 Å². The number of hydrogen-bond acceptors (Lipinski definition) is 3. The Morgan fingerprint density at radius 3 is 2.46 bits per heavy atom. The van der Waals surface area contributed by atoms with Gasteiger partial charge < -0.3 is 10.4 Å². The van der Waals surface area contributed by atoms with Gasteiger partial charge in [0, 0.05) is 13.5 Å². The second-order valence-electron chi connectivity index (χ2n) is 2.72. The Morgan fingerprint density at radius 2 is 2.00 bits per heavy atom. The Balaban J connectivity index is 3.31. The van der Waals surface area contributed by atoms with Gasteiger partial charge in [0.15, 0.2) is 0 Å². The number of carbonyl (C=O) groups excluding carboxylic acids is 1. The molecule has 0 aromatic carbocycles. The summed E-state index contributed by atoms with van der Waals surface area (Å²) in [6, 6.07) is 0. The van der Waals surface area contributed by atoms with Gasteiger partial charge in [-0.25, -0.2) is 4.79 Å². The third kappa shape index (κ3) is 6.99. The van der Waals surface area contributed by atoms with Gasteiger partial charge >= 0.3 is 5.97 Å². The summed E-state index contributed by atoms with van der Waals surface area (Å²) in [5.41, 5.74) is -0.275. The summed E-state index contributed by atoms with van der Waals surface area (Å²) >= 11 is 0. The van der Waals surface area contributed by atoms with Crippen LogP contribution in [-0.2, 0) is 9.59 Å². The van der Waals surface area contributed by atoms with Crippen LogP contribution in [0.1, 0.15) is 26.2 Å². The lowest BCUT2D eigenvalue weighted by Gasteiger charge is -2.00. The first-order chi connectivity index (χ1) is 6.04. The van der Waals surface area contributed by atoms with Crippen LogP contribution in [-0.4, -0.2) is 29.2 Å². The van der Waals surface area contributed by atoms with Crippen molar-refractivity contribution >= 4 is 17.6 Å². The number of rotatable bonds is 6. The van der Waals surface area contributed by atoms with Crippen molar-refractivity contribution in [2.24, 2.45) is 0 Å². The summed E-state index contributed by atoms with van der Waals surface area (Å²) in [6.45, 7) is 1.97. The van der Waals surface area contributed by atoms with Gasteiger partial charge in [-0.1, -0.05) is 0 Å². The summed E-state index contributed by atoms with van der Waals surface area (Å²) in [6.07, 6.45) is 1.58. The van der Waals surface area contributed by atoms with Crippen molar-refractivity contribution in [1.29, 1.82) is 5.41 Å². The lowest BCUT2D eigenvalue weighted by atomic mass is 10.1. The molecule has 0 atom stereocenters. The fourth-order valence-electron chi connectivity index (χ4n) is 0.798. The number of nitrogens with one attached hydrogen (secondary N) is 2. The predicted molar refractivity (Wildman–Crippen MR) is 47.9 cm³/mol. The third-order valence-corrected chi connectivity index (χ3v) is 1.49. The molecular formula is C8H14N2O3. The largest absolute Gasteiger partial charge is 0.477 e. The first kappa shape index (κ1) is 11.6. The van der Waals surface area contributed by atoms with Crippen LogP contribution in [0.15, 0.2) is 0 Å². The number of carbonyl (C=O) groups is 2. The van der Waals surface area contributed by atoms with E-state index < -0.39 is 5.97 Å². The van der Waals surface area contributed by atoms with E-state index in [1.54, 1.807) is 0 Å². The van der Waals surface area contributed by atoms with Crippen molar-refractivity contribution in [1.82, 2.24) is 5.32 Å². The molecule has 0 unspecified atom stereocenters. The molecule has 1 amide bonds. The Hall–Kier alpha value is -1.39. The molecule has 0 heterocycles. The number of aliphatic carboxylic acids is 1. The average molecular weight is 186 g/mol. The molecule has 0 aliphatic rings. The molecule has 0 rings (SSSR count). The molecule has 74 valence electrons. The van der Waals surface area contributed by atoms with Gasteiger partial charge in [-0.3, -0.25) is 10.2 Å². The normalized spacial score (nSPS) is 9.31. The van der Waals surface area contributed by atoms with Crippen molar-refractivity contribution in [3.63, 3.8) is 0 Å². The van der Waals surface area contributed by atoms with Gasteiger partial charge in [0.2, 0.25) is 5.91 Å². The van der Waals surface area contributed by atoms with E-state index in [4.69, 9.17) is 10.5 Å². The molecule has 0 radical (unpaired) electrons. The third-order valence-electron chi connectivity index (χ3n) is 1.49. The number of amides is 1.